The summed E-state index contributed by atoms with van der Waals surface area (Å²) in [4.78, 5) is 22.7. The van der Waals surface area contributed by atoms with Gasteiger partial charge in [-0.3, -0.25) is 0 Å². The van der Waals surface area contributed by atoms with Crippen LogP contribution in [0.1, 0.15) is 11.1 Å². The molecule has 0 radical (unpaired) electrons. The second-order valence-corrected chi connectivity index (χ2v) is 4.27. The molecule has 0 unspecified atom stereocenters. The van der Waals surface area contributed by atoms with E-state index in [0.29, 0.717) is 29.9 Å². The maximum Gasteiger partial charge on any atom is 0.427 e. The van der Waals surface area contributed by atoms with Crippen LogP contribution in [0.3, 0.4) is 0 Å². The average molecular weight is 255 g/mol. The zero-order valence-corrected chi connectivity index (χ0v) is 10.3. The number of nitriles is 1. The third-order valence-electron chi connectivity index (χ3n) is 3.12. The van der Waals surface area contributed by atoms with Gasteiger partial charge in [0.25, 0.3) is 0 Å². The van der Waals surface area contributed by atoms with Crippen LogP contribution in [0.25, 0.3) is 11.0 Å². The zero-order chi connectivity index (χ0) is 13.4. The summed E-state index contributed by atoms with van der Waals surface area (Å²) in [7, 11) is 0. The number of aromatic nitrogens is 2. The van der Waals surface area contributed by atoms with Crippen LogP contribution in [0.2, 0.25) is 0 Å². The SMILES string of the molecule is Cc1c(NC2=NCC[N+]2=O)cc(C#N)c2[nH]cnc12. The van der Waals surface area contributed by atoms with Crippen molar-refractivity contribution in [1.82, 2.24) is 9.97 Å². The summed E-state index contributed by atoms with van der Waals surface area (Å²) >= 11 is 0. The van der Waals surface area contributed by atoms with Crippen LogP contribution in [0.15, 0.2) is 17.4 Å². The standard InChI is InChI=1S/C12H11N6O/c1-7-9(17-12-14-2-3-18(12)19)4-8(5-13)11-10(7)15-6-16-11/h4,6H,2-3H2,1H3,(H,14,17)(H,15,16)/q+1. The molecule has 0 spiro atoms. The lowest BCUT2D eigenvalue weighted by atomic mass is 10.1. The minimum Gasteiger partial charge on any atom is -0.343 e. The molecule has 1 aliphatic rings. The molecule has 1 aromatic heterocycles. The van der Waals surface area contributed by atoms with Crippen LogP contribution in [0, 0.1) is 23.2 Å². The van der Waals surface area contributed by atoms with E-state index in [9.17, 15) is 4.91 Å². The molecule has 0 saturated heterocycles. The first-order chi connectivity index (χ1) is 9.20. The second-order valence-electron chi connectivity index (χ2n) is 4.27. The topological polar surface area (TPSA) is 96.9 Å². The molecule has 7 heteroatoms. The molecule has 2 heterocycles. The average Bonchev–Trinajstić information content (AvgIpc) is 3.03. The fourth-order valence-electron chi connectivity index (χ4n) is 2.11. The van der Waals surface area contributed by atoms with E-state index in [1.807, 2.05) is 6.92 Å². The fraction of sp³-hybridized carbons (Fsp3) is 0.250. The molecule has 0 bridgehead atoms. The Hall–Kier alpha value is -2.75. The molecular weight excluding hydrogens is 244 g/mol. The Kier molecular flexibility index (Phi) is 2.49. The lowest BCUT2D eigenvalue weighted by Crippen LogP contribution is -2.22. The third kappa shape index (κ3) is 1.74. The number of hydrogen-bond acceptors (Lipinski definition) is 5. The van der Waals surface area contributed by atoms with Crippen molar-refractivity contribution in [2.45, 2.75) is 6.92 Å². The second kappa shape index (κ2) is 4.17. The van der Waals surface area contributed by atoms with Gasteiger partial charge in [0.15, 0.2) is 0 Å². The van der Waals surface area contributed by atoms with E-state index >= 15 is 0 Å². The van der Waals surface area contributed by atoms with E-state index < -0.39 is 0 Å². The molecule has 1 aromatic carbocycles. The zero-order valence-electron chi connectivity index (χ0n) is 10.3. The first kappa shape index (κ1) is 11.3. The predicted molar refractivity (Wildman–Crippen MR) is 70.0 cm³/mol. The van der Waals surface area contributed by atoms with Crippen molar-refractivity contribution in [2.75, 3.05) is 18.4 Å². The molecule has 19 heavy (non-hydrogen) atoms. The maximum atomic E-state index is 11.5. The number of fused-ring (bicyclic) bond motifs is 1. The number of nitrogens with zero attached hydrogens (tertiary/aromatic N) is 4. The van der Waals surface area contributed by atoms with Crippen LogP contribution in [-0.4, -0.2) is 33.8 Å². The van der Waals surface area contributed by atoms with Gasteiger partial charge in [-0.25, -0.2) is 10.3 Å². The number of aliphatic imine (C=N–C) groups is 1. The van der Waals surface area contributed by atoms with Crippen molar-refractivity contribution >= 4 is 22.7 Å². The minimum absolute atomic E-state index is 0.280. The van der Waals surface area contributed by atoms with E-state index in [-0.39, 0.29) is 5.96 Å². The summed E-state index contributed by atoms with van der Waals surface area (Å²) in [5.41, 5.74) is 3.46. The molecule has 3 rings (SSSR count). The molecule has 2 aromatic rings. The van der Waals surface area contributed by atoms with Crippen LogP contribution in [0.5, 0.6) is 0 Å². The highest BCUT2D eigenvalue weighted by Crippen LogP contribution is 2.26. The molecule has 7 nitrogen and oxygen atoms in total. The Morgan fingerprint density at radius 1 is 1.58 bits per heavy atom. The summed E-state index contributed by atoms with van der Waals surface area (Å²) in [5.74, 6) is 0.280. The number of imidazole rings is 1. The van der Waals surface area contributed by atoms with Crippen LogP contribution >= 0.6 is 0 Å². The van der Waals surface area contributed by atoms with Crippen molar-refractivity contribution in [3.8, 4) is 6.07 Å². The summed E-state index contributed by atoms with van der Waals surface area (Å²) in [5, 5.41) is 12.1. The molecule has 2 N–H and O–H groups in total. The molecule has 1 aliphatic heterocycles. The van der Waals surface area contributed by atoms with Crippen molar-refractivity contribution in [3.05, 3.63) is 28.4 Å². The van der Waals surface area contributed by atoms with Crippen molar-refractivity contribution in [2.24, 2.45) is 4.99 Å². The highest BCUT2D eigenvalue weighted by Gasteiger charge is 2.25. The normalized spacial score (nSPS) is 14.5. The summed E-state index contributed by atoms with van der Waals surface area (Å²) in [6, 6.07) is 3.82. The van der Waals surface area contributed by atoms with Crippen LogP contribution in [0.4, 0.5) is 5.69 Å². The van der Waals surface area contributed by atoms with Gasteiger partial charge in [0.05, 0.1) is 22.9 Å². The van der Waals surface area contributed by atoms with Crippen molar-refractivity contribution in [3.63, 3.8) is 0 Å². The van der Waals surface area contributed by atoms with Crippen LogP contribution in [-0.2, 0) is 0 Å². The van der Waals surface area contributed by atoms with Crippen LogP contribution < -0.4 is 5.32 Å². The quantitative estimate of drug-likeness (QED) is 0.750. The number of benzene rings is 1. The Labute approximate surface area is 108 Å². The Morgan fingerprint density at radius 2 is 2.42 bits per heavy atom. The number of rotatable bonds is 1. The molecule has 94 valence electrons. The molecule has 0 aliphatic carbocycles. The van der Waals surface area contributed by atoms with E-state index in [2.05, 4.69) is 26.3 Å². The van der Waals surface area contributed by atoms with Gasteiger partial charge in [-0.1, -0.05) is 4.91 Å². The van der Waals surface area contributed by atoms with E-state index in [4.69, 9.17) is 5.26 Å². The van der Waals surface area contributed by atoms with Gasteiger partial charge < -0.3 is 4.98 Å². The van der Waals surface area contributed by atoms with Gasteiger partial charge in [0.1, 0.15) is 24.8 Å². The van der Waals surface area contributed by atoms with E-state index in [1.54, 1.807) is 12.4 Å². The van der Waals surface area contributed by atoms with Gasteiger partial charge in [-0.15, -0.1) is 4.99 Å². The summed E-state index contributed by atoms with van der Waals surface area (Å²) in [6.07, 6.45) is 1.55. The highest BCUT2D eigenvalue weighted by molar-refractivity contribution is 5.95. The Morgan fingerprint density at radius 3 is 3.11 bits per heavy atom. The number of anilines is 1. The van der Waals surface area contributed by atoms with Crippen molar-refractivity contribution in [1.29, 1.82) is 5.26 Å². The maximum absolute atomic E-state index is 11.5. The number of nitroso groups, excluding NO2 is 1. The number of H-pyrrole nitrogens is 1. The number of hydrogen-bond donors (Lipinski definition) is 2. The molecule has 0 atom stereocenters. The Bertz CT molecular complexity index is 751. The van der Waals surface area contributed by atoms with Gasteiger partial charge in [0, 0.05) is 5.56 Å². The molecule has 0 fully saturated rings. The predicted octanol–water partition coefficient (Wildman–Crippen LogP) is 1.30. The Balaban J connectivity index is 2.11. The largest absolute Gasteiger partial charge is 0.427 e. The smallest absolute Gasteiger partial charge is 0.343 e. The van der Waals surface area contributed by atoms with Gasteiger partial charge in [-0.2, -0.15) is 5.26 Å². The third-order valence-corrected chi connectivity index (χ3v) is 3.12. The number of guanidine groups is 1. The number of aromatic amines is 1. The van der Waals surface area contributed by atoms with Gasteiger partial charge in [-0.05, 0) is 17.8 Å². The molecular formula is C12H11N6O+. The molecule has 0 amide bonds. The lowest BCUT2D eigenvalue weighted by molar-refractivity contribution is -0.417. The first-order valence-corrected chi connectivity index (χ1v) is 5.83. The number of aryl methyl sites for hydroxylation is 1. The minimum atomic E-state index is 0.280. The fourth-order valence-corrected chi connectivity index (χ4v) is 2.11. The summed E-state index contributed by atoms with van der Waals surface area (Å²) in [6.45, 7) is 2.73. The van der Waals surface area contributed by atoms with E-state index in [1.165, 1.54) is 0 Å². The van der Waals surface area contributed by atoms with Crippen molar-refractivity contribution < 1.29 is 4.76 Å². The first-order valence-electron chi connectivity index (χ1n) is 5.83. The lowest BCUT2D eigenvalue weighted by Gasteiger charge is -2.05. The van der Waals surface area contributed by atoms with Gasteiger partial charge >= 0.3 is 5.96 Å². The van der Waals surface area contributed by atoms with Gasteiger partial charge in [0.2, 0.25) is 0 Å². The highest BCUT2D eigenvalue weighted by atomic mass is 16.3. The summed E-state index contributed by atoms with van der Waals surface area (Å²) < 4.78 is 0.806. The number of nitrogens with one attached hydrogen (secondary N) is 2. The van der Waals surface area contributed by atoms with E-state index in [0.717, 1.165) is 15.8 Å². The molecule has 0 saturated carbocycles. The monoisotopic (exact) mass is 255 g/mol.